The minimum atomic E-state index is -3.78. The molecule has 0 saturated heterocycles. The molecule has 4 nitrogen and oxygen atoms in total. The Morgan fingerprint density at radius 1 is 1.42 bits per heavy atom. The molecule has 0 aromatic rings. The van der Waals surface area contributed by atoms with Gasteiger partial charge in [0.1, 0.15) is 0 Å². The van der Waals surface area contributed by atoms with Crippen molar-refractivity contribution in [3.8, 4) is 0 Å². The molecule has 12 heavy (non-hydrogen) atoms. The van der Waals surface area contributed by atoms with Crippen molar-refractivity contribution in [2.24, 2.45) is 0 Å². The third-order valence-electron chi connectivity index (χ3n) is 1.18. The summed E-state index contributed by atoms with van der Waals surface area (Å²) >= 11 is 2.09. The average Bonchev–Trinajstić information content (AvgIpc) is 1.85. The summed E-state index contributed by atoms with van der Waals surface area (Å²) in [7, 11) is -3.78. The van der Waals surface area contributed by atoms with Crippen molar-refractivity contribution in [3.05, 3.63) is 0 Å². The van der Waals surface area contributed by atoms with Gasteiger partial charge in [0, 0.05) is 3.92 Å². The molecular formula is C6H13IO4S. The lowest BCUT2D eigenvalue weighted by molar-refractivity contribution is 0.175. The summed E-state index contributed by atoms with van der Waals surface area (Å²) in [6.45, 7) is 5.25. The van der Waals surface area contributed by atoms with Gasteiger partial charge in [-0.25, -0.2) is 8.37 Å². The zero-order chi connectivity index (χ0) is 9.78. The molecule has 6 heteroatoms. The van der Waals surface area contributed by atoms with Crippen LogP contribution < -0.4 is 0 Å². The van der Waals surface area contributed by atoms with E-state index in [2.05, 4.69) is 31.0 Å². The van der Waals surface area contributed by atoms with E-state index in [1.165, 1.54) is 0 Å². The van der Waals surface area contributed by atoms with E-state index >= 15 is 0 Å². The number of alkyl halides is 1. The van der Waals surface area contributed by atoms with Gasteiger partial charge in [-0.05, 0) is 13.8 Å². The topological polar surface area (TPSA) is 52.6 Å². The maximum atomic E-state index is 10.9. The molecular weight excluding hydrogens is 295 g/mol. The van der Waals surface area contributed by atoms with Crippen LogP contribution >= 0.6 is 22.6 Å². The summed E-state index contributed by atoms with van der Waals surface area (Å²) in [6.07, 6.45) is -0.359. The number of hydrogen-bond acceptors (Lipinski definition) is 4. The molecule has 74 valence electrons. The Kier molecular flexibility index (Phi) is 5.62. The minimum absolute atomic E-state index is 0.102. The summed E-state index contributed by atoms with van der Waals surface area (Å²) < 4.78 is 31.0. The molecule has 0 spiro atoms. The number of halogens is 1. The molecule has 0 bridgehead atoms. The summed E-state index contributed by atoms with van der Waals surface area (Å²) in [4.78, 5) is 0. The molecule has 0 rings (SSSR count). The standard InChI is InChI=1S/C6H13IO4S/c1-4-10-12(8,9)11-6(3)5(2)7/h5-6H,4H2,1-3H3. The van der Waals surface area contributed by atoms with E-state index in [-0.39, 0.29) is 16.6 Å². The van der Waals surface area contributed by atoms with Crippen LogP contribution in [0.1, 0.15) is 20.8 Å². The Labute approximate surface area is 87.1 Å². The van der Waals surface area contributed by atoms with Gasteiger partial charge in [0.15, 0.2) is 0 Å². The highest BCUT2D eigenvalue weighted by molar-refractivity contribution is 14.1. The third kappa shape index (κ3) is 5.28. The van der Waals surface area contributed by atoms with Gasteiger partial charge >= 0.3 is 10.4 Å². The second-order valence-corrected chi connectivity index (χ2v) is 5.50. The van der Waals surface area contributed by atoms with E-state index < -0.39 is 10.4 Å². The Hall–Kier alpha value is 0.600. The van der Waals surface area contributed by atoms with E-state index in [1.54, 1.807) is 13.8 Å². The van der Waals surface area contributed by atoms with E-state index in [0.717, 1.165) is 0 Å². The lowest BCUT2D eigenvalue weighted by Crippen LogP contribution is -2.23. The molecule has 2 unspecified atom stereocenters. The van der Waals surface area contributed by atoms with Crippen molar-refractivity contribution in [2.45, 2.75) is 30.8 Å². The van der Waals surface area contributed by atoms with E-state index in [4.69, 9.17) is 0 Å². The van der Waals surface area contributed by atoms with Crippen LogP contribution in [0.25, 0.3) is 0 Å². The van der Waals surface area contributed by atoms with Gasteiger partial charge in [-0.2, -0.15) is 8.42 Å². The van der Waals surface area contributed by atoms with Crippen molar-refractivity contribution in [1.82, 2.24) is 0 Å². The molecule has 0 aromatic heterocycles. The summed E-state index contributed by atoms with van der Waals surface area (Å²) in [6, 6.07) is 0. The van der Waals surface area contributed by atoms with Gasteiger partial charge in [-0.3, -0.25) is 0 Å². The minimum Gasteiger partial charge on any atom is -0.248 e. The molecule has 0 N–H and O–H groups in total. The average molecular weight is 308 g/mol. The van der Waals surface area contributed by atoms with Crippen LogP contribution in [-0.2, 0) is 18.8 Å². The number of hydrogen-bond donors (Lipinski definition) is 0. The Morgan fingerprint density at radius 3 is 2.25 bits per heavy atom. The van der Waals surface area contributed by atoms with Crippen LogP contribution in [-0.4, -0.2) is 25.1 Å². The summed E-state index contributed by atoms with van der Waals surface area (Å²) in [5.41, 5.74) is 0. The lowest BCUT2D eigenvalue weighted by Gasteiger charge is -2.13. The molecule has 2 atom stereocenters. The Bertz CT molecular complexity index is 212. The highest BCUT2D eigenvalue weighted by Gasteiger charge is 2.19. The smallest absolute Gasteiger partial charge is 0.248 e. The van der Waals surface area contributed by atoms with Crippen LogP contribution in [0.15, 0.2) is 0 Å². The predicted molar refractivity (Wildman–Crippen MR) is 54.6 cm³/mol. The first-order valence-electron chi connectivity index (χ1n) is 3.60. The summed E-state index contributed by atoms with van der Waals surface area (Å²) in [5.74, 6) is 0. The van der Waals surface area contributed by atoms with Gasteiger partial charge in [0.2, 0.25) is 0 Å². The van der Waals surface area contributed by atoms with Gasteiger partial charge in [0.25, 0.3) is 0 Å². The predicted octanol–water partition coefficient (Wildman–Crippen LogP) is 1.50. The molecule has 0 radical (unpaired) electrons. The first-order chi connectivity index (χ1) is 5.39. The lowest BCUT2D eigenvalue weighted by atomic mass is 10.3. The normalized spacial score (nSPS) is 17.3. The molecule has 0 amide bonds. The second-order valence-electron chi connectivity index (χ2n) is 2.29. The van der Waals surface area contributed by atoms with Crippen molar-refractivity contribution < 1.29 is 16.8 Å². The Morgan fingerprint density at radius 2 is 1.92 bits per heavy atom. The zero-order valence-corrected chi connectivity index (χ0v) is 10.3. The van der Waals surface area contributed by atoms with Crippen molar-refractivity contribution in [3.63, 3.8) is 0 Å². The van der Waals surface area contributed by atoms with Gasteiger partial charge in [0.05, 0.1) is 12.7 Å². The van der Waals surface area contributed by atoms with Crippen molar-refractivity contribution >= 4 is 33.0 Å². The molecule has 0 aromatic carbocycles. The second kappa shape index (κ2) is 5.36. The van der Waals surface area contributed by atoms with E-state index in [9.17, 15) is 8.42 Å². The maximum Gasteiger partial charge on any atom is 0.400 e. The van der Waals surface area contributed by atoms with Crippen LogP contribution in [0.5, 0.6) is 0 Å². The highest BCUT2D eigenvalue weighted by atomic mass is 127. The molecule has 0 heterocycles. The van der Waals surface area contributed by atoms with Crippen LogP contribution in [0.4, 0.5) is 0 Å². The fraction of sp³-hybridized carbons (Fsp3) is 1.00. The maximum absolute atomic E-state index is 10.9. The zero-order valence-electron chi connectivity index (χ0n) is 7.28. The third-order valence-corrected chi connectivity index (χ3v) is 3.26. The van der Waals surface area contributed by atoms with Crippen LogP contribution in [0, 0.1) is 0 Å². The van der Waals surface area contributed by atoms with Crippen molar-refractivity contribution in [2.75, 3.05) is 6.61 Å². The van der Waals surface area contributed by atoms with E-state index in [1.807, 2.05) is 6.92 Å². The first-order valence-corrected chi connectivity index (χ1v) is 6.18. The largest absolute Gasteiger partial charge is 0.400 e. The fourth-order valence-electron chi connectivity index (χ4n) is 0.435. The number of rotatable bonds is 5. The monoisotopic (exact) mass is 308 g/mol. The molecule has 0 aliphatic heterocycles. The molecule has 0 aliphatic carbocycles. The van der Waals surface area contributed by atoms with Gasteiger partial charge in [-0.1, -0.05) is 29.5 Å². The van der Waals surface area contributed by atoms with Gasteiger partial charge in [-0.15, -0.1) is 0 Å². The summed E-state index contributed by atoms with van der Waals surface area (Å²) in [5, 5.41) is 0. The van der Waals surface area contributed by atoms with Gasteiger partial charge < -0.3 is 0 Å². The highest BCUT2D eigenvalue weighted by Crippen LogP contribution is 2.12. The Balaban J connectivity index is 4.07. The quantitative estimate of drug-likeness (QED) is 0.570. The van der Waals surface area contributed by atoms with Crippen LogP contribution in [0.2, 0.25) is 0 Å². The molecule has 0 fully saturated rings. The fourth-order valence-corrected chi connectivity index (χ4v) is 1.66. The van der Waals surface area contributed by atoms with E-state index in [0.29, 0.717) is 0 Å². The first kappa shape index (κ1) is 12.6. The molecule has 0 saturated carbocycles. The van der Waals surface area contributed by atoms with Crippen molar-refractivity contribution in [1.29, 1.82) is 0 Å². The van der Waals surface area contributed by atoms with Crippen LogP contribution in [0.3, 0.4) is 0 Å². The SMILES string of the molecule is CCOS(=O)(=O)OC(C)C(C)I. The molecule has 0 aliphatic rings.